The summed E-state index contributed by atoms with van der Waals surface area (Å²) in [7, 11) is 1.51. The van der Waals surface area contributed by atoms with Crippen molar-refractivity contribution in [2.45, 2.75) is 0 Å². The Morgan fingerprint density at radius 1 is 1.16 bits per heavy atom. The van der Waals surface area contributed by atoms with Gasteiger partial charge in [0, 0.05) is 0 Å². The molecular formula is C13H12N2O3S. The van der Waals surface area contributed by atoms with Gasteiger partial charge in [0.15, 0.2) is 0 Å². The van der Waals surface area contributed by atoms with E-state index in [4.69, 9.17) is 4.74 Å². The number of hydrogen-bond donors (Lipinski definition) is 2. The van der Waals surface area contributed by atoms with Crippen LogP contribution in [0.25, 0.3) is 0 Å². The third-order valence-electron chi connectivity index (χ3n) is 2.33. The molecule has 0 saturated heterocycles. The van der Waals surface area contributed by atoms with Gasteiger partial charge in [-0.1, -0.05) is 18.2 Å². The van der Waals surface area contributed by atoms with Gasteiger partial charge in [-0.2, -0.15) is 0 Å². The van der Waals surface area contributed by atoms with Gasteiger partial charge in [-0.3, -0.25) is 10.1 Å². The summed E-state index contributed by atoms with van der Waals surface area (Å²) in [5, 5.41) is 6.58. The van der Waals surface area contributed by atoms with E-state index in [0.29, 0.717) is 16.3 Å². The van der Waals surface area contributed by atoms with Crippen LogP contribution in [0.15, 0.2) is 41.8 Å². The lowest BCUT2D eigenvalue weighted by Gasteiger charge is -2.09. The molecule has 0 aliphatic rings. The van der Waals surface area contributed by atoms with E-state index in [1.807, 2.05) is 0 Å². The van der Waals surface area contributed by atoms with Crippen molar-refractivity contribution >= 4 is 29.0 Å². The first-order chi connectivity index (χ1) is 9.20. The highest BCUT2D eigenvalue weighted by atomic mass is 32.1. The highest BCUT2D eigenvalue weighted by Crippen LogP contribution is 2.22. The standard InChI is InChI=1S/C13H12N2O3S/c1-18-10-6-3-2-5-9(10)14-13(17)15-12(16)11-7-4-8-19-11/h2-8H,1H3,(H2,14,15,16,17). The van der Waals surface area contributed by atoms with E-state index >= 15 is 0 Å². The lowest BCUT2D eigenvalue weighted by Crippen LogP contribution is -2.33. The topological polar surface area (TPSA) is 67.4 Å². The van der Waals surface area contributed by atoms with Crippen LogP contribution in [-0.2, 0) is 0 Å². The number of methoxy groups -OCH3 is 1. The van der Waals surface area contributed by atoms with Crippen molar-refractivity contribution in [3.8, 4) is 5.75 Å². The number of urea groups is 1. The Balaban J connectivity index is 2.00. The summed E-state index contributed by atoms with van der Waals surface area (Å²) >= 11 is 1.27. The van der Waals surface area contributed by atoms with E-state index in [-0.39, 0.29) is 0 Å². The molecule has 2 N–H and O–H groups in total. The van der Waals surface area contributed by atoms with Crippen molar-refractivity contribution in [2.75, 3.05) is 12.4 Å². The quantitative estimate of drug-likeness (QED) is 0.905. The Morgan fingerprint density at radius 3 is 2.63 bits per heavy atom. The SMILES string of the molecule is COc1ccccc1NC(=O)NC(=O)c1cccs1. The average molecular weight is 276 g/mol. The molecule has 0 atom stereocenters. The van der Waals surface area contributed by atoms with Crippen LogP contribution in [0.1, 0.15) is 9.67 Å². The summed E-state index contributed by atoms with van der Waals surface area (Å²) in [5.41, 5.74) is 0.501. The van der Waals surface area contributed by atoms with Gasteiger partial charge in [0.2, 0.25) is 0 Å². The first kappa shape index (κ1) is 13.1. The van der Waals surface area contributed by atoms with Crippen LogP contribution in [0.3, 0.4) is 0 Å². The van der Waals surface area contributed by atoms with Gasteiger partial charge >= 0.3 is 6.03 Å². The highest BCUT2D eigenvalue weighted by Gasteiger charge is 2.12. The summed E-state index contributed by atoms with van der Waals surface area (Å²) in [6.07, 6.45) is 0. The average Bonchev–Trinajstić information content (AvgIpc) is 2.93. The Bertz CT molecular complexity index is 581. The van der Waals surface area contributed by atoms with Crippen LogP contribution in [0.5, 0.6) is 5.75 Å². The van der Waals surface area contributed by atoms with Crippen LogP contribution in [0, 0.1) is 0 Å². The lowest BCUT2D eigenvalue weighted by molar-refractivity contribution is 0.0971. The number of anilines is 1. The van der Waals surface area contributed by atoms with E-state index in [0.717, 1.165) is 0 Å². The van der Waals surface area contributed by atoms with Crippen molar-refractivity contribution in [3.63, 3.8) is 0 Å². The molecule has 0 bridgehead atoms. The lowest BCUT2D eigenvalue weighted by atomic mass is 10.3. The molecule has 0 aliphatic heterocycles. The molecule has 2 rings (SSSR count). The number of benzene rings is 1. The minimum Gasteiger partial charge on any atom is -0.495 e. The number of hydrogen-bond acceptors (Lipinski definition) is 4. The molecule has 0 fully saturated rings. The Hall–Kier alpha value is -2.34. The van der Waals surface area contributed by atoms with E-state index in [1.165, 1.54) is 18.4 Å². The molecule has 19 heavy (non-hydrogen) atoms. The predicted octanol–water partition coefficient (Wildman–Crippen LogP) is 2.72. The van der Waals surface area contributed by atoms with Gasteiger partial charge in [0.25, 0.3) is 5.91 Å². The molecule has 6 heteroatoms. The maximum absolute atomic E-state index is 11.7. The molecule has 1 aromatic heterocycles. The zero-order valence-electron chi connectivity index (χ0n) is 10.2. The van der Waals surface area contributed by atoms with Crippen molar-refractivity contribution in [1.29, 1.82) is 0 Å². The normalized spacial score (nSPS) is 9.74. The number of amides is 3. The van der Waals surface area contributed by atoms with Crippen LogP contribution >= 0.6 is 11.3 Å². The summed E-state index contributed by atoms with van der Waals surface area (Å²) in [6, 6.07) is 9.76. The number of ether oxygens (including phenoxy) is 1. The number of carbonyl (C=O) groups excluding carboxylic acids is 2. The molecule has 1 heterocycles. The van der Waals surface area contributed by atoms with Crippen molar-refractivity contribution in [1.82, 2.24) is 5.32 Å². The Kier molecular flexibility index (Phi) is 4.15. The number of para-hydroxylation sites is 2. The number of rotatable bonds is 3. The molecule has 98 valence electrons. The van der Waals surface area contributed by atoms with Gasteiger partial charge < -0.3 is 10.1 Å². The van der Waals surface area contributed by atoms with E-state index < -0.39 is 11.9 Å². The zero-order valence-corrected chi connectivity index (χ0v) is 11.0. The largest absolute Gasteiger partial charge is 0.495 e. The minimum absolute atomic E-state index is 0.428. The third kappa shape index (κ3) is 3.32. The minimum atomic E-state index is -0.595. The maximum atomic E-state index is 11.7. The second-order valence-electron chi connectivity index (χ2n) is 3.59. The molecule has 0 radical (unpaired) electrons. The molecule has 0 unspecified atom stereocenters. The fourth-order valence-electron chi connectivity index (χ4n) is 1.47. The van der Waals surface area contributed by atoms with E-state index in [2.05, 4.69) is 10.6 Å². The van der Waals surface area contributed by atoms with Crippen LogP contribution in [0.4, 0.5) is 10.5 Å². The fraction of sp³-hybridized carbons (Fsp3) is 0.0769. The summed E-state index contributed by atoms with van der Waals surface area (Å²) in [6.45, 7) is 0. The first-order valence-electron chi connectivity index (χ1n) is 5.49. The number of nitrogens with one attached hydrogen (secondary N) is 2. The monoisotopic (exact) mass is 276 g/mol. The van der Waals surface area contributed by atoms with E-state index in [9.17, 15) is 9.59 Å². The first-order valence-corrected chi connectivity index (χ1v) is 6.37. The highest BCUT2D eigenvalue weighted by molar-refractivity contribution is 7.12. The van der Waals surface area contributed by atoms with Gasteiger partial charge in [0.1, 0.15) is 5.75 Å². The molecular weight excluding hydrogens is 264 g/mol. The summed E-state index contributed by atoms with van der Waals surface area (Å²) in [4.78, 5) is 23.8. The van der Waals surface area contributed by atoms with Gasteiger partial charge in [-0.25, -0.2) is 4.79 Å². The second-order valence-corrected chi connectivity index (χ2v) is 4.53. The Morgan fingerprint density at radius 2 is 1.95 bits per heavy atom. The number of imide groups is 1. The smallest absolute Gasteiger partial charge is 0.326 e. The van der Waals surface area contributed by atoms with Crippen LogP contribution in [0.2, 0.25) is 0 Å². The van der Waals surface area contributed by atoms with Gasteiger partial charge in [-0.15, -0.1) is 11.3 Å². The third-order valence-corrected chi connectivity index (χ3v) is 3.20. The molecule has 0 aliphatic carbocycles. The van der Waals surface area contributed by atoms with Gasteiger partial charge in [0.05, 0.1) is 17.7 Å². The summed E-state index contributed by atoms with van der Waals surface area (Å²) in [5.74, 6) is 0.101. The Labute approximate surface area is 114 Å². The molecule has 0 spiro atoms. The van der Waals surface area contributed by atoms with Crippen molar-refractivity contribution in [3.05, 3.63) is 46.7 Å². The maximum Gasteiger partial charge on any atom is 0.326 e. The zero-order chi connectivity index (χ0) is 13.7. The van der Waals surface area contributed by atoms with E-state index in [1.54, 1.807) is 41.8 Å². The van der Waals surface area contributed by atoms with Crippen molar-refractivity contribution < 1.29 is 14.3 Å². The molecule has 2 aromatic rings. The molecule has 3 amide bonds. The molecule has 1 aromatic carbocycles. The predicted molar refractivity (Wildman–Crippen MR) is 73.8 cm³/mol. The number of carbonyl (C=O) groups is 2. The fourth-order valence-corrected chi connectivity index (χ4v) is 2.09. The van der Waals surface area contributed by atoms with Crippen LogP contribution in [-0.4, -0.2) is 19.0 Å². The number of thiophene rings is 1. The molecule has 0 saturated carbocycles. The van der Waals surface area contributed by atoms with Crippen LogP contribution < -0.4 is 15.4 Å². The van der Waals surface area contributed by atoms with Gasteiger partial charge in [-0.05, 0) is 23.6 Å². The second kappa shape index (κ2) is 6.01. The van der Waals surface area contributed by atoms with Crippen molar-refractivity contribution in [2.24, 2.45) is 0 Å². The summed E-state index contributed by atoms with van der Waals surface area (Å²) < 4.78 is 5.10. The molecule has 5 nitrogen and oxygen atoms in total.